The Hall–Kier alpha value is -0.400. The zero-order chi connectivity index (χ0) is 14.4. The summed E-state index contributed by atoms with van der Waals surface area (Å²) in [7, 11) is 0. The second-order valence-electron chi connectivity index (χ2n) is 5.19. The summed E-state index contributed by atoms with van der Waals surface area (Å²) >= 11 is 1.60. The first-order valence-corrected chi connectivity index (χ1v) is 8.28. The summed E-state index contributed by atoms with van der Waals surface area (Å²) < 4.78 is 5.48. The van der Waals surface area contributed by atoms with E-state index in [1.165, 1.54) is 11.3 Å². The van der Waals surface area contributed by atoms with Gasteiger partial charge in [-0.2, -0.15) is 0 Å². The highest BCUT2D eigenvalue weighted by molar-refractivity contribution is 7.15. The van der Waals surface area contributed by atoms with E-state index in [0.29, 0.717) is 11.2 Å². The molecule has 2 N–H and O–H groups in total. The molecule has 0 radical (unpaired) electrons. The molecule has 1 fully saturated rings. The minimum Gasteiger partial charge on any atom is -0.380 e. The highest BCUT2D eigenvalue weighted by atomic mass is 35.5. The first kappa shape index (κ1) is 18.6. The van der Waals surface area contributed by atoms with Crippen molar-refractivity contribution in [3.63, 3.8) is 0 Å². The minimum atomic E-state index is 0. The maximum atomic E-state index is 5.69. The number of anilines is 1. The molecule has 5 nitrogen and oxygen atoms in total. The van der Waals surface area contributed by atoms with Crippen LogP contribution in [0.1, 0.15) is 25.1 Å². The van der Waals surface area contributed by atoms with E-state index in [1.807, 2.05) is 6.20 Å². The van der Waals surface area contributed by atoms with E-state index in [-0.39, 0.29) is 12.4 Å². The molecule has 21 heavy (non-hydrogen) atoms. The first-order valence-electron chi connectivity index (χ1n) is 7.47. The third-order valence-electron chi connectivity index (χ3n) is 3.84. The predicted molar refractivity (Wildman–Crippen MR) is 91.2 cm³/mol. The fourth-order valence-electron chi connectivity index (χ4n) is 2.72. The van der Waals surface area contributed by atoms with Crippen LogP contribution < -0.4 is 5.73 Å². The summed E-state index contributed by atoms with van der Waals surface area (Å²) in [6.07, 6.45) is 3.09. The summed E-state index contributed by atoms with van der Waals surface area (Å²) in [5, 5.41) is 0.669. The number of ether oxygens (including phenoxy) is 1. The van der Waals surface area contributed by atoms with Crippen LogP contribution in [0, 0.1) is 0 Å². The number of hydrogen-bond donors (Lipinski definition) is 1. The van der Waals surface area contributed by atoms with Gasteiger partial charge in [-0.15, -0.1) is 23.7 Å². The number of piperazine rings is 1. The lowest BCUT2D eigenvalue weighted by molar-refractivity contribution is 0.0389. The SMILES string of the molecule is CCOCCN1CCN(Cc2cnc(N)s2)CC1CC.Cl. The van der Waals surface area contributed by atoms with Crippen LogP contribution in [0.25, 0.3) is 0 Å². The molecule has 122 valence electrons. The lowest BCUT2D eigenvalue weighted by atomic mass is 10.1. The van der Waals surface area contributed by atoms with E-state index >= 15 is 0 Å². The summed E-state index contributed by atoms with van der Waals surface area (Å²) in [5.74, 6) is 0. The van der Waals surface area contributed by atoms with E-state index in [4.69, 9.17) is 10.5 Å². The predicted octanol–water partition coefficient (Wildman–Crippen LogP) is 2.08. The van der Waals surface area contributed by atoms with Crippen molar-refractivity contribution in [2.75, 3.05) is 45.1 Å². The lowest BCUT2D eigenvalue weighted by Gasteiger charge is -2.41. The third kappa shape index (κ3) is 5.71. The molecule has 0 bridgehead atoms. The normalized spacial score (nSPS) is 20.4. The maximum absolute atomic E-state index is 5.69. The Morgan fingerprint density at radius 2 is 2.24 bits per heavy atom. The van der Waals surface area contributed by atoms with Gasteiger partial charge in [0, 0.05) is 56.4 Å². The number of aromatic nitrogens is 1. The van der Waals surface area contributed by atoms with Crippen molar-refractivity contribution in [2.24, 2.45) is 0 Å². The van der Waals surface area contributed by atoms with Crippen molar-refractivity contribution in [3.8, 4) is 0 Å². The molecule has 2 heterocycles. The van der Waals surface area contributed by atoms with Gasteiger partial charge in [-0.05, 0) is 13.3 Å². The summed E-state index contributed by atoms with van der Waals surface area (Å²) in [6, 6.07) is 0.634. The molecule has 1 unspecified atom stereocenters. The van der Waals surface area contributed by atoms with Crippen molar-refractivity contribution in [2.45, 2.75) is 32.9 Å². The third-order valence-corrected chi connectivity index (χ3v) is 4.65. The molecule has 1 saturated heterocycles. The van der Waals surface area contributed by atoms with Crippen LogP contribution in [0.3, 0.4) is 0 Å². The van der Waals surface area contributed by atoms with Gasteiger partial charge in [0.25, 0.3) is 0 Å². The molecule has 1 aromatic rings. The van der Waals surface area contributed by atoms with Gasteiger partial charge < -0.3 is 10.5 Å². The Labute approximate surface area is 137 Å². The molecule has 0 spiro atoms. The Bertz CT molecular complexity index is 404. The Morgan fingerprint density at radius 1 is 1.43 bits per heavy atom. The molecule has 1 aromatic heterocycles. The van der Waals surface area contributed by atoms with Crippen LogP contribution in [0.5, 0.6) is 0 Å². The van der Waals surface area contributed by atoms with Gasteiger partial charge in [-0.25, -0.2) is 4.98 Å². The van der Waals surface area contributed by atoms with Crippen molar-refractivity contribution in [1.29, 1.82) is 0 Å². The van der Waals surface area contributed by atoms with Gasteiger partial charge in [0.15, 0.2) is 5.13 Å². The highest BCUT2D eigenvalue weighted by Crippen LogP contribution is 2.19. The number of nitrogen functional groups attached to an aromatic ring is 1. The van der Waals surface area contributed by atoms with Gasteiger partial charge in [-0.1, -0.05) is 6.92 Å². The van der Waals surface area contributed by atoms with Gasteiger partial charge >= 0.3 is 0 Å². The van der Waals surface area contributed by atoms with E-state index in [9.17, 15) is 0 Å². The first-order chi connectivity index (χ1) is 9.72. The van der Waals surface area contributed by atoms with Gasteiger partial charge in [0.1, 0.15) is 0 Å². The van der Waals surface area contributed by atoms with Crippen LogP contribution in [-0.4, -0.2) is 60.2 Å². The smallest absolute Gasteiger partial charge is 0.180 e. The van der Waals surface area contributed by atoms with Gasteiger partial charge in [0.05, 0.1) is 6.61 Å². The second kappa shape index (κ2) is 9.58. The van der Waals surface area contributed by atoms with Crippen LogP contribution in [0.4, 0.5) is 5.13 Å². The topological polar surface area (TPSA) is 54.6 Å². The highest BCUT2D eigenvalue weighted by Gasteiger charge is 2.25. The van der Waals surface area contributed by atoms with Crippen LogP contribution >= 0.6 is 23.7 Å². The Morgan fingerprint density at radius 3 is 2.86 bits per heavy atom. The second-order valence-corrected chi connectivity index (χ2v) is 6.34. The van der Waals surface area contributed by atoms with Crippen LogP contribution in [0.2, 0.25) is 0 Å². The fraction of sp³-hybridized carbons (Fsp3) is 0.786. The van der Waals surface area contributed by atoms with Crippen molar-refractivity contribution >= 4 is 28.9 Å². The Kier molecular flexibility index (Phi) is 8.51. The molecule has 1 aliphatic rings. The molecule has 0 aliphatic carbocycles. The summed E-state index contributed by atoms with van der Waals surface area (Å²) in [6.45, 7) is 11.4. The Balaban J connectivity index is 0.00000220. The maximum Gasteiger partial charge on any atom is 0.180 e. The van der Waals surface area contributed by atoms with E-state index in [0.717, 1.165) is 45.9 Å². The molecular weight excluding hydrogens is 308 g/mol. The van der Waals surface area contributed by atoms with Crippen LogP contribution in [0.15, 0.2) is 6.20 Å². The van der Waals surface area contributed by atoms with Crippen molar-refractivity contribution in [1.82, 2.24) is 14.8 Å². The number of halogens is 1. The molecular formula is C14H27ClN4OS. The van der Waals surface area contributed by atoms with Gasteiger partial charge in [-0.3, -0.25) is 9.80 Å². The number of hydrogen-bond acceptors (Lipinski definition) is 6. The molecule has 1 atom stereocenters. The number of rotatable bonds is 7. The number of thiazole rings is 1. The number of nitrogens with two attached hydrogens (primary N) is 1. The van der Waals surface area contributed by atoms with E-state index in [1.54, 1.807) is 11.3 Å². The van der Waals surface area contributed by atoms with E-state index < -0.39 is 0 Å². The van der Waals surface area contributed by atoms with Crippen molar-refractivity contribution < 1.29 is 4.74 Å². The quantitative estimate of drug-likeness (QED) is 0.774. The molecule has 0 saturated carbocycles. The summed E-state index contributed by atoms with van der Waals surface area (Å²) in [4.78, 5) is 10.5. The standard InChI is InChI=1S/C14H26N4OS.ClH/c1-3-12-10-17(11-13-9-16-14(15)20-13)5-6-18(12)7-8-19-4-2;/h9,12H,3-8,10-11H2,1-2H3,(H2,15,16);1H. The molecule has 7 heteroatoms. The fourth-order valence-corrected chi connectivity index (χ4v) is 3.45. The summed E-state index contributed by atoms with van der Waals surface area (Å²) in [5.41, 5.74) is 5.69. The lowest BCUT2D eigenvalue weighted by Crippen LogP contribution is -2.53. The van der Waals surface area contributed by atoms with Crippen molar-refractivity contribution in [3.05, 3.63) is 11.1 Å². The zero-order valence-corrected chi connectivity index (χ0v) is 14.6. The molecule has 2 rings (SSSR count). The van der Waals surface area contributed by atoms with E-state index in [2.05, 4.69) is 28.6 Å². The van der Waals surface area contributed by atoms with Crippen LogP contribution in [-0.2, 0) is 11.3 Å². The average Bonchev–Trinajstić information content (AvgIpc) is 2.85. The monoisotopic (exact) mass is 334 g/mol. The van der Waals surface area contributed by atoms with Gasteiger partial charge in [0.2, 0.25) is 0 Å². The zero-order valence-electron chi connectivity index (χ0n) is 13.0. The average molecular weight is 335 g/mol. The molecule has 0 aromatic carbocycles. The molecule has 1 aliphatic heterocycles. The number of nitrogens with zero attached hydrogens (tertiary/aromatic N) is 3. The molecule has 0 amide bonds. The largest absolute Gasteiger partial charge is 0.380 e. The minimum absolute atomic E-state index is 0.